The summed E-state index contributed by atoms with van der Waals surface area (Å²) >= 11 is 0. The third-order valence-electron chi connectivity index (χ3n) is 3.09. The van der Waals surface area contributed by atoms with Crippen molar-refractivity contribution in [3.63, 3.8) is 0 Å². The van der Waals surface area contributed by atoms with Crippen LogP contribution in [0.4, 0.5) is 0 Å². The van der Waals surface area contributed by atoms with Crippen molar-refractivity contribution in [1.29, 1.82) is 0 Å². The molecule has 1 rings (SSSR count). The second-order valence-corrected chi connectivity index (χ2v) is 4.55. The zero-order valence-electron chi connectivity index (χ0n) is 10.7. The van der Waals surface area contributed by atoms with Gasteiger partial charge >= 0.3 is 0 Å². The highest BCUT2D eigenvalue weighted by Gasteiger charge is 2.15. The number of hydrogen-bond acceptors (Lipinski definition) is 3. The normalized spacial score (nSPS) is 17.4. The predicted octanol–water partition coefficient (Wildman–Crippen LogP) is 0.540. The first-order chi connectivity index (χ1) is 7.74. The maximum atomic E-state index is 11.9. The molecular formula is C12H25N3O. The van der Waals surface area contributed by atoms with E-state index in [2.05, 4.69) is 17.1 Å². The molecule has 1 aliphatic heterocycles. The Labute approximate surface area is 99.0 Å². The van der Waals surface area contributed by atoms with Gasteiger partial charge in [-0.05, 0) is 6.42 Å². The fourth-order valence-electron chi connectivity index (χ4n) is 1.90. The minimum Gasteiger partial charge on any atom is -0.345 e. The molecule has 1 heterocycles. The van der Waals surface area contributed by atoms with Crippen molar-refractivity contribution < 1.29 is 4.79 Å². The van der Waals surface area contributed by atoms with Crippen LogP contribution >= 0.6 is 0 Å². The molecule has 94 valence electrons. The van der Waals surface area contributed by atoms with Crippen LogP contribution in [0.1, 0.15) is 26.2 Å². The Morgan fingerprint density at radius 2 is 2.00 bits per heavy atom. The smallest absolute Gasteiger partial charge is 0.236 e. The van der Waals surface area contributed by atoms with Crippen LogP contribution in [0, 0.1) is 0 Å². The van der Waals surface area contributed by atoms with Gasteiger partial charge in [0.15, 0.2) is 0 Å². The van der Waals surface area contributed by atoms with Gasteiger partial charge in [0.05, 0.1) is 6.54 Å². The number of unbranched alkanes of at least 4 members (excludes halogenated alkanes) is 2. The SMILES string of the molecule is CCCCCN(C)C(=O)CN1CCNCC1. The number of nitrogens with one attached hydrogen (secondary N) is 1. The molecule has 1 amide bonds. The highest BCUT2D eigenvalue weighted by molar-refractivity contribution is 5.77. The second kappa shape index (κ2) is 7.63. The second-order valence-electron chi connectivity index (χ2n) is 4.55. The third-order valence-corrected chi connectivity index (χ3v) is 3.09. The molecule has 4 nitrogen and oxygen atoms in total. The standard InChI is InChI=1S/C12H25N3O/c1-3-4-5-8-14(2)12(16)11-15-9-6-13-7-10-15/h13H,3-11H2,1-2H3. The molecule has 0 atom stereocenters. The summed E-state index contributed by atoms with van der Waals surface area (Å²) < 4.78 is 0. The summed E-state index contributed by atoms with van der Waals surface area (Å²) in [5.74, 6) is 0.262. The molecular weight excluding hydrogens is 202 g/mol. The average Bonchev–Trinajstić information content (AvgIpc) is 2.30. The monoisotopic (exact) mass is 227 g/mol. The van der Waals surface area contributed by atoms with Gasteiger partial charge in [-0.15, -0.1) is 0 Å². The number of piperazine rings is 1. The molecule has 0 aromatic heterocycles. The van der Waals surface area contributed by atoms with Crippen LogP contribution in [0.25, 0.3) is 0 Å². The van der Waals surface area contributed by atoms with Crippen LogP contribution in [0.2, 0.25) is 0 Å². The van der Waals surface area contributed by atoms with E-state index >= 15 is 0 Å². The number of carbonyl (C=O) groups is 1. The molecule has 1 N–H and O–H groups in total. The topological polar surface area (TPSA) is 35.6 Å². The van der Waals surface area contributed by atoms with Crippen LogP contribution in [0.3, 0.4) is 0 Å². The number of amides is 1. The number of nitrogens with zero attached hydrogens (tertiary/aromatic N) is 2. The van der Waals surface area contributed by atoms with E-state index in [9.17, 15) is 4.79 Å². The van der Waals surface area contributed by atoms with Gasteiger partial charge in [-0.25, -0.2) is 0 Å². The van der Waals surface area contributed by atoms with Crippen molar-refractivity contribution in [2.24, 2.45) is 0 Å². The molecule has 0 aromatic rings. The number of carbonyl (C=O) groups excluding carboxylic acids is 1. The Balaban J connectivity index is 2.16. The molecule has 0 spiro atoms. The van der Waals surface area contributed by atoms with Crippen molar-refractivity contribution in [3.8, 4) is 0 Å². The average molecular weight is 227 g/mol. The lowest BCUT2D eigenvalue weighted by atomic mass is 10.2. The van der Waals surface area contributed by atoms with Crippen LogP contribution < -0.4 is 5.32 Å². The van der Waals surface area contributed by atoms with Gasteiger partial charge in [0.1, 0.15) is 0 Å². The van der Waals surface area contributed by atoms with Gasteiger partial charge < -0.3 is 10.2 Å². The molecule has 0 aliphatic carbocycles. The summed E-state index contributed by atoms with van der Waals surface area (Å²) in [6.07, 6.45) is 3.55. The zero-order chi connectivity index (χ0) is 11.8. The Bertz CT molecular complexity index is 202. The van der Waals surface area contributed by atoms with E-state index in [1.807, 2.05) is 11.9 Å². The van der Waals surface area contributed by atoms with E-state index in [1.54, 1.807) is 0 Å². The first-order valence-corrected chi connectivity index (χ1v) is 6.41. The van der Waals surface area contributed by atoms with E-state index in [0.717, 1.165) is 39.1 Å². The van der Waals surface area contributed by atoms with Crippen LogP contribution in [0.5, 0.6) is 0 Å². The molecule has 0 bridgehead atoms. The van der Waals surface area contributed by atoms with Gasteiger partial charge in [0.25, 0.3) is 0 Å². The predicted molar refractivity (Wildman–Crippen MR) is 66.5 cm³/mol. The Kier molecular flexibility index (Phi) is 6.42. The lowest BCUT2D eigenvalue weighted by Crippen LogP contribution is -2.47. The summed E-state index contributed by atoms with van der Waals surface area (Å²) in [6.45, 7) is 7.67. The number of rotatable bonds is 6. The van der Waals surface area contributed by atoms with Crippen molar-refractivity contribution in [2.75, 3.05) is 46.3 Å². The van der Waals surface area contributed by atoms with Gasteiger partial charge in [0.2, 0.25) is 5.91 Å². The van der Waals surface area contributed by atoms with Crippen LogP contribution in [0.15, 0.2) is 0 Å². The summed E-state index contributed by atoms with van der Waals surface area (Å²) in [4.78, 5) is 16.0. The van der Waals surface area contributed by atoms with Crippen molar-refractivity contribution in [2.45, 2.75) is 26.2 Å². The molecule has 0 radical (unpaired) electrons. The molecule has 0 saturated carbocycles. The summed E-state index contributed by atoms with van der Waals surface area (Å²) in [6, 6.07) is 0. The largest absolute Gasteiger partial charge is 0.345 e. The maximum absolute atomic E-state index is 11.9. The molecule has 1 saturated heterocycles. The molecule has 0 aromatic carbocycles. The van der Waals surface area contributed by atoms with Gasteiger partial charge in [0, 0.05) is 39.8 Å². The van der Waals surface area contributed by atoms with E-state index in [-0.39, 0.29) is 5.91 Å². The first-order valence-electron chi connectivity index (χ1n) is 6.41. The van der Waals surface area contributed by atoms with Gasteiger partial charge in [-0.2, -0.15) is 0 Å². The third kappa shape index (κ3) is 4.94. The highest BCUT2D eigenvalue weighted by Crippen LogP contribution is 1.99. The summed E-state index contributed by atoms with van der Waals surface area (Å²) in [7, 11) is 1.92. The summed E-state index contributed by atoms with van der Waals surface area (Å²) in [5, 5.41) is 3.29. The molecule has 1 fully saturated rings. The van der Waals surface area contributed by atoms with Crippen molar-refractivity contribution in [1.82, 2.24) is 15.1 Å². The fraction of sp³-hybridized carbons (Fsp3) is 0.917. The Morgan fingerprint density at radius 3 is 2.62 bits per heavy atom. The minimum absolute atomic E-state index is 0.262. The van der Waals surface area contributed by atoms with E-state index in [4.69, 9.17) is 0 Å². The van der Waals surface area contributed by atoms with E-state index in [0.29, 0.717) is 6.54 Å². The van der Waals surface area contributed by atoms with E-state index < -0.39 is 0 Å². The lowest BCUT2D eigenvalue weighted by molar-refractivity contribution is -0.131. The van der Waals surface area contributed by atoms with E-state index in [1.165, 1.54) is 12.8 Å². The number of likely N-dealkylation sites (N-methyl/N-ethyl adjacent to an activating group) is 1. The van der Waals surface area contributed by atoms with Gasteiger partial charge in [-0.3, -0.25) is 9.69 Å². The van der Waals surface area contributed by atoms with Crippen LogP contribution in [-0.4, -0.2) is 62.0 Å². The summed E-state index contributed by atoms with van der Waals surface area (Å²) in [5.41, 5.74) is 0. The van der Waals surface area contributed by atoms with Crippen LogP contribution in [-0.2, 0) is 4.79 Å². The Morgan fingerprint density at radius 1 is 1.31 bits per heavy atom. The Hall–Kier alpha value is -0.610. The molecule has 4 heteroatoms. The zero-order valence-corrected chi connectivity index (χ0v) is 10.7. The quantitative estimate of drug-likeness (QED) is 0.673. The highest BCUT2D eigenvalue weighted by atomic mass is 16.2. The molecule has 0 unspecified atom stereocenters. The molecule has 16 heavy (non-hydrogen) atoms. The lowest BCUT2D eigenvalue weighted by Gasteiger charge is -2.28. The van der Waals surface area contributed by atoms with Crippen molar-refractivity contribution >= 4 is 5.91 Å². The fourth-order valence-corrected chi connectivity index (χ4v) is 1.90. The van der Waals surface area contributed by atoms with Gasteiger partial charge in [-0.1, -0.05) is 19.8 Å². The maximum Gasteiger partial charge on any atom is 0.236 e. The minimum atomic E-state index is 0.262. The molecule has 1 aliphatic rings. The number of hydrogen-bond donors (Lipinski definition) is 1. The first kappa shape index (κ1) is 13.5. The van der Waals surface area contributed by atoms with Crippen molar-refractivity contribution in [3.05, 3.63) is 0 Å².